The molecule has 1 aromatic rings. The second-order valence-corrected chi connectivity index (χ2v) is 9.27. The standard InChI is InChI=1S/C24H38N4O3/c25-23(29)28-15-13-27(14-16-28)20-24(8-18-30-19-9-24)21-4-6-22(7-5-21)31-17-3-12-26-10-1-2-11-26/h4-7H,1-3,8-20H2,(H2,25,29). The number of amides is 2. The number of urea groups is 1. The van der Waals surface area contributed by atoms with Gasteiger partial charge in [-0.15, -0.1) is 0 Å². The summed E-state index contributed by atoms with van der Waals surface area (Å²) in [6, 6.07) is 8.46. The normalized spacial score (nSPS) is 22.5. The van der Waals surface area contributed by atoms with Crippen molar-refractivity contribution in [1.29, 1.82) is 0 Å². The minimum atomic E-state index is -0.309. The van der Waals surface area contributed by atoms with E-state index >= 15 is 0 Å². The molecule has 0 atom stereocenters. The summed E-state index contributed by atoms with van der Waals surface area (Å²) in [5.74, 6) is 0.961. The molecule has 0 bridgehead atoms. The zero-order valence-corrected chi connectivity index (χ0v) is 18.8. The number of piperazine rings is 1. The van der Waals surface area contributed by atoms with E-state index in [1.165, 1.54) is 31.5 Å². The summed E-state index contributed by atoms with van der Waals surface area (Å²) < 4.78 is 11.7. The molecular weight excluding hydrogens is 392 g/mol. The predicted octanol–water partition coefficient (Wildman–Crippen LogP) is 2.30. The molecular formula is C24H38N4O3. The number of rotatable bonds is 8. The number of ether oxygens (including phenoxy) is 2. The Morgan fingerprint density at radius 2 is 1.65 bits per heavy atom. The summed E-state index contributed by atoms with van der Waals surface area (Å²) in [5.41, 5.74) is 6.91. The van der Waals surface area contributed by atoms with Gasteiger partial charge >= 0.3 is 6.03 Å². The van der Waals surface area contributed by atoms with Crippen molar-refractivity contribution in [2.24, 2.45) is 5.73 Å². The van der Waals surface area contributed by atoms with Gasteiger partial charge in [-0.25, -0.2) is 4.79 Å². The molecule has 7 heteroatoms. The maximum atomic E-state index is 11.4. The Hall–Kier alpha value is -1.83. The number of primary amides is 1. The van der Waals surface area contributed by atoms with Gasteiger partial charge in [0.15, 0.2) is 0 Å². The molecule has 0 aromatic heterocycles. The van der Waals surface area contributed by atoms with E-state index in [9.17, 15) is 4.79 Å². The Morgan fingerprint density at radius 3 is 2.29 bits per heavy atom. The van der Waals surface area contributed by atoms with Crippen LogP contribution in [0.5, 0.6) is 5.75 Å². The highest BCUT2D eigenvalue weighted by Crippen LogP contribution is 2.36. The van der Waals surface area contributed by atoms with Crippen molar-refractivity contribution in [3.63, 3.8) is 0 Å². The van der Waals surface area contributed by atoms with Crippen LogP contribution in [0.3, 0.4) is 0 Å². The number of hydrogen-bond donors (Lipinski definition) is 1. The maximum absolute atomic E-state index is 11.4. The molecule has 0 spiro atoms. The summed E-state index contributed by atoms with van der Waals surface area (Å²) in [6.07, 6.45) is 5.82. The van der Waals surface area contributed by atoms with Gasteiger partial charge in [0.1, 0.15) is 5.75 Å². The Kier molecular flexibility index (Phi) is 7.69. The number of nitrogens with two attached hydrogens (primary N) is 1. The monoisotopic (exact) mass is 430 g/mol. The third-order valence-corrected chi connectivity index (χ3v) is 7.21. The number of nitrogens with zero attached hydrogens (tertiary/aromatic N) is 3. The molecule has 3 fully saturated rings. The van der Waals surface area contributed by atoms with Crippen LogP contribution in [0.2, 0.25) is 0 Å². The average Bonchev–Trinajstić information content (AvgIpc) is 3.32. The fraction of sp³-hybridized carbons (Fsp3) is 0.708. The highest BCUT2D eigenvalue weighted by molar-refractivity contribution is 5.72. The summed E-state index contributed by atoms with van der Waals surface area (Å²) in [6.45, 7) is 10.2. The number of likely N-dealkylation sites (tertiary alicyclic amines) is 1. The van der Waals surface area contributed by atoms with Crippen LogP contribution in [0.4, 0.5) is 4.79 Å². The molecule has 172 valence electrons. The van der Waals surface area contributed by atoms with E-state index in [-0.39, 0.29) is 11.4 Å². The summed E-state index contributed by atoms with van der Waals surface area (Å²) in [5, 5.41) is 0. The van der Waals surface area contributed by atoms with E-state index in [4.69, 9.17) is 15.2 Å². The second kappa shape index (κ2) is 10.7. The molecule has 31 heavy (non-hydrogen) atoms. The van der Waals surface area contributed by atoms with Crippen molar-refractivity contribution >= 4 is 6.03 Å². The van der Waals surface area contributed by atoms with Gasteiger partial charge in [0, 0.05) is 57.9 Å². The van der Waals surface area contributed by atoms with Crippen molar-refractivity contribution in [3.05, 3.63) is 29.8 Å². The Labute approximate surface area is 186 Å². The topological polar surface area (TPSA) is 71.3 Å². The van der Waals surface area contributed by atoms with Gasteiger partial charge in [0.05, 0.1) is 6.61 Å². The molecule has 3 heterocycles. The van der Waals surface area contributed by atoms with Crippen molar-refractivity contribution in [1.82, 2.24) is 14.7 Å². The molecule has 3 saturated heterocycles. The fourth-order valence-electron chi connectivity index (χ4n) is 5.24. The SMILES string of the molecule is NC(=O)N1CCN(CC2(c3ccc(OCCCN4CCCC4)cc3)CCOCC2)CC1. The van der Waals surface area contributed by atoms with Gasteiger partial charge < -0.3 is 25.0 Å². The molecule has 3 aliphatic heterocycles. The predicted molar refractivity (Wildman–Crippen MR) is 122 cm³/mol. The minimum absolute atomic E-state index is 0.0986. The lowest BCUT2D eigenvalue weighted by molar-refractivity contribution is 0.0271. The van der Waals surface area contributed by atoms with E-state index in [1.807, 2.05) is 0 Å². The Morgan fingerprint density at radius 1 is 0.968 bits per heavy atom. The number of carbonyl (C=O) groups is 1. The second-order valence-electron chi connectivity index (χ2n) is 9.27. The highest BCUT2D eigenvalue weighted by atomic mass is 16.5. The third-order valence-electron chi connectivity index (χ3n) is 7.21. The average molecular weight is 431 g/mol. The smallest absolute Gasteiger partial charge is 0.314 e. The van der Waals surface area contributed by atoms with E-state index in [0.29, 0.717) is 13.1 Å². The van der Waals surface area contributed by atoms with Crippen molar-refractivity contribution in [2.75, 3.05) is 72.2 Å². The largest absolute Gasteiger partial charge is 0.494 e. The Balaban J connectivity index is 1.32. The zero-order valence-electron chi connectivity index (χ0n) is 18.8. The van der Waals surface area contributed by atoms with Gasteiger partial charge in [-0.1, -0.05) is 12.1 Å². The van der Waals surface area contributed by atoms with E-state index in [1.54, 1.807) is 4.90 Å². The number of hydrogen-bond acceptors (Lipinski definition) is 5. The molecule has 0 radical (unpaired) electrons. The van der Waals surface area contributed by atoms with Gasteiger partial charge in [-0.2, -0.15) is 0 Å². The van der Waals surface area contributed by atoms with Crippen LogP contribution >= 0.6 is 0 Å². The van der Waals surface area contributed by atoms with Crippen LogP contribution in [-0.4, -0.2) is 92.9 Å². The van der Waals surface area contributed by atoms with E-state index < -0.39 is 0 Å². The van der Waals surface area contributed by atoms with Gasteiger partial charge in [0.25, 0.3) is 0 Å². The first kappa shape index (κ1) is 22.4. The van der Waals surface area contributed by atoms with Crippen LogP contribution in [0.25, 0.3) is 0 Å². The number of carbonyl (C=O) groups excluding carboxylic acids is 1. The third kappa shape index (κ3) is 5.90. The molecule has 0 unspecified atom stereocenters. The van der Waals surface area contributed by atoms with Crippen LogP contribution in [-0.2, 0) is 10.2 Å². The highest BCUT2D eigenvalue weighted by Gasteiger charge is 2.37. The number of benzene rings is 1. The molecule has 4 rings (SSSR count). The zero-order chi connectivity index (χ0) is 21.5. The molecule has 7 nitrogen and oxygen atoms in total. The fourth-order valence-corrected chi connectivity index (χ4v) is 5.24. The minimum Gasteiger partial charge on any atom is -0.494 e. The first-order chi connectivity index (χ1) is 15.1. The lowest BCUT2D eigenvalue weighted by Gasteiger charge is -2.44. The Bertz CT molecular complexity index is 691. The molecule has 0 aliphatic carbocycles. The van der Waals surface area contributed by atoms with E-state index in [2.05, 4.69) is 34.1 Å². The van der Waals surface area contributed by atoms with Crippen molar-refractivity contribution < 1.29 is 14.3 Å². The van der Waals surface area contributed by atoms with Crippen LogP contribution in [0.15, 0.2) is 24.3 Å². The lowest BCUT2D eigenvalue weighted by Crippen LogP contribution is -2.54. The quantitative estimate of drug-likeness (QED) is 0.641. The molecule has 0 saturated carbocycles. The van der Waals surface area contributed by atoms with Gasteiger partial charge in [0.2, 0.25) is 0 Å². The van der Waals surface area contributed by atoms with Crippen LogP contribution < -0.4 is 10.5 Å². The van der Waals surface area contributed by atoms with Gasteiger partial charge in [-0.3, -0.25) is 4.90 Å². The van der Waals surface area contributed by atoms with Crippen molar-refractivity contribution in [2.45, 2.75) is 37.5 Å². The maximum Gasteiger partial charge on any atom is 0.314 e. The first-order valence-corrected chi connectivity index (χ1v) is 11.9. The van der Waals surface area contributed by atoms with Crippen molar-refractivity contribution in [3.8, 4) is 5.75 Å². The summed E-state index contributed by atoms with van der Waals surface area (Å²) in [4.78, 5) is 18.2. The van der Waals surface area contributed by atoms with E-state index in [0.717, 1.165) is 71.0 Å². The van der Waals surface area contributed by atoms with Crippen LogP contribution in [0.1, 0.15) is 37.7 Å². The lowest BCUT2D eigenvalue weighted by atomic mass is 9.73. The molecule has 1 aromatic carbocycles. The molecule has 2 N–H and O–H groups in total. The summed E-state index contributed by atoms with van der Waals surface area (Å²) in [7, 11) is 0. The molecule has 3 aliphatic rings. The summed E-state index contributed by atoms with van der Waals surface area (Å²) >= 11 is 0. The molecule has 2 amide bonds. The van der Waals surface area contributed by atoms with Gasteiger partial charge in [-0.05, 0) is 62.9 Å². The van der Waals surface area contributed by atoms with Crippen LogP contribution in [0, 0.1) is 0 Å². The first-order valence-electron chi connectivity index (χ1n) is 11.9.